The Labute approximate surface area is 84.9 Å². The van der Waals surface area contributed by atoms with E-state index in [9.17, 15) is 0 Å². The maximum absolute atomic E-state index is 5.68. The van der Waals surface area contributed by atoms with Gasteiger partial charge in [0, 0.05) is 13.2 Å². The molecular weight excluding hydrogens is 182 g/mol. The molecule has 0 amide bonds. The van der Waals surface area contributed by atoms with Crippen LogP contribution < -0.4 is 5.32 Å². The van der Waals surface area contributed by atoms with E-state index in [1.54, 1.807) is 7.11 Å². The monoisotopic (exact) mass is 201 g/mol. The zero-order valence-electron chi connectivity index (χ0n) is 9.03. The van der Waals surface area contributed by atoms with Crippen LogP contribution in [0, 0.1) is 0 Å². The van der Waals surface area contributed by atoms with Gasteiger partial charge >= 0.3 is 0 Å². The van der Waals surface area contributed by atoms with Crippen LogP contribution in [-0.2, 0) is 14.2 Å². The van der Waals surface area contributed by atoms with E-state index >= 15 is 0 Å². The van der Waals surface area contributed by atoms with Crippen molar-refractivity contribution in [1.29, 1.82) is 0 Å². The maximum Gasteiger partial charge on any atom is 0.114 e. The molecule has 2 aliphatic heterocycles. The Morgan fingerprint density at radius 1 is 1.21 bits per heavy atom. The molecule has 0 bridgehead atoms. The van der Waals surface area contributed by atoms with Crippen LogP contribution in [0.3, 0.4) is 0 Å². The lowest BCUT2D eigenvalue weighted by atomic mass is 10.1. The zero-order chi connectivity index (χ0) is 10.1. The fourth-order valence-electron chi connectivity index (χ4n) is 2.24. The van der Waals surface area contributed by atoms with Gasteiger partial charge in [0.25, 0.3) is 0 Å². The van der Waals surface area contributed by atoms with E-state index in [1.165, 1.54) is 0 Å². The van der Waals surface area contributed by atoms with Crippen molar-refractivity contribution in [3.05, 3.63) is 0 Å². The van der Waals surface area contributed by atoms with E-state index in [0.29, 0.717) is 18.7 Å². The Hall–Kier alpha value is -0.160. The number of hydrogen-bond acceptors (Lipinski definition) is 4. The zero-order valence-corrected chi connectivity index (χ0v) is 9.03. The molecule has 0 saturated carbocycles. The van der Waals surface area contributed by atoms with Gasteiger partial charge in [0.05, 0.1) is 19.3 Å². The molecule has 14 heavy (non-hydrogen) atoms. The minimum absolute atomic E-state index is 0.110. The molecule has 4 nitrogen and oxygen atoms in total. The highest BCUT2D eigenvalue weighted by Gasteiger charge is 2.47. The first-order chi connectivity index (χ1) is 6.72. The molecule has 4 atom stereocenters. The van der Waals surface area contributed by atoms with Gasteiger partial charge in [0.2, 0.25) is 0 Å². The lowest BCUT2D eigenvalue weighted by Crippen LogP contribution is -2.44. The fraction of sp³-hybridized carbons (Fsp3) is 1.00. The van der Waals surface area contributed by atoms with Crippen LogP contribution in [0.5, 0.6) is 0 Å². The summed E-state index contributed by atoms with van der Waals surface area (Å²) in [6.45, 7) is 5.65. The van der Waals surface area contributed by atoms with E-state index in [1.807, 2.05) is 0 Å². The van der Waals surface area contributed by atoms with Gasteiger partial charge < -0.3 is 19.5 Å². The van der Waals surface area contributed by atoms with Crippen molar-refractivity contribution in [2.45, 2.75) is 44.2 Å². The Morgan fingerprint density at radius 2 is 1.93 bits per heavy atom. The van der Waals surface area contributed by atoms with Crippen LogP contribution in [-0.4, -0.2) is 50.7 Å². The Morgan fingerprint density at radius 3 is 2.57 bits per heavy atom. The van der Waals surface area contributed by atoms with E-state index in [0.717, 1.165) is 6.61 Å². The summed E-state index contributed by atoms with van der Waals surface area (Å²) < 4.78 is 16.7. The van der Waals surface area contributed by atoms with E-state index in [2.05, 4.69) is 19.2 Å². The molecule has 0 spiro atoms. The molecule has 0 aliphatic carbocycles. The summed E-state index contributed by atoms with van der Waals surface area (Å²) in [6.07, 6.45) is 0.401. The third-order valence-electron chi connectivity index (χ3n) is 2.86. The van der Waals surface area contributed by atoms with Gasteiger partial charge in [-0.2, -0.15) is 0 Å². The van der Waals surface area contributed by atoms with Gasteiger partial charge in [-0.1, -0.05) is 13.8 Å². The highest BCUT2D eigenvalue weighted by Crippen LogP contribution is 2.28. The molecule has 1 N–H and O–H groups in total. The number of nitrogens with one attached hydrogen (secondary N) is 1. The Kier molecular flexibility index (Phi) is 3.07. The summed E-state index contributed by atoms with van der Waals surface area (Å²) in [4.78, 5) is 0. The predicted octanol–water partition coefficient (Wildman–Crippen LogP) is 0.166. The highest BCUT2D eigenvalue weighted by molar-refractivity contribution is 4.98. The summed E-state index contributed by atoms with van der Waals surface area (Å²) in [6, 6.07) is 0.785. The van der Waals surface area contributed by atoms with Gasteiger partial charge in [-0.3, -0.25) is 0 Å². The van der Waals surface area contributed by atoms with Gasteiger partial charge in [-0.05, 0) is 0 Å². The second-order valence-corrected chi connectivity index (χ2v) is 4.30. The molecule has 0 aromatic heterocycles. The van der Waals surface area contributed by atoms with Crippen molar-refractivity contribution in [3.63, 3.8) is 0 Å². The second kappa shape index (κ2) is 4.14. The molecule has 2 aliphatic rings. The number of hydrogen-bond donors (Lipinski definition) is 1. The average molecular weight is 201 g/mol. The third-order valence-corrected chi connectivity index (χ3v) is 2.86. The van der Waals surface area contributed by atoms with Crippen molar-refractivity contribution < 1.29 is 14.2 Å². The summed E-state index contributed by atoms with van der Waals surface area (Å²) in [5.41, 5.74) is 0. The van der Waals surface area contributed by atoms with Gasteiger partial charge in [0.15, 0.2) is 0 Å². The van der Waals surface area contributed by atoms with Crippen molar-refractivity contribution in [1.82, 2.24) is 5.32 Å². The highest BCUT2D eigenvalue weighted by atomic mass is 16.6. The van der Waals surface area contributed by atoms with E-state index < -0.39 is 0 Å². The van der Waals surface area contributed by atoms with Crippen LogP contribution >= 0.6 is 0 Å². The number of fused-ring (bicyclic) bond motifs is 1. The molecule has 0 aromatic carbocycles. The molecule has 2 rings (SSSR count). The Bertz CT molecular complexity index is 198. The second-order valence-electron chi connectivity index (χ2n) is 4.30. The third kappa shape index (κ3) is 1.80. The predicted molar refractivity (Wildman–Crippen MR) is 52.3 cm³/mol. The summed E-state index contributed by atoms with van der Waals surface area (Å²) in [5, 5.41) is 3.45. The van der Waals surface area contributed by atoms with Crippen molar-refractivity contribution in [2.24, 2.45) is 0 Å². The van der Waals surface area contributed by atoms with Gasteiger partial charge in [0.1, 0.15) is 18.3 Å². The quantitative estimate of drug-likeness (QED) is 0.706. The number of ether oxygens (including phenoxy) is 3. The largest absolute Gasteiger partial charge is 0.376 e. The number of methoxy groups -OCH3 is 1. The van der Waals surface area contributed by atoms with Crippen molar-refractivity contribution in [3.8, 4) is 0 Å². The smallest absolute Gasteiger partial charge is 0.114 e. The van der Waals surface area contributed by atoms with E-state index in [4.69, 9.17) is 14.2 Å². The fourth-order valence-corrected chi connectivity index (χ4v) is 2.24. The molecule has 0 aromatic rings. The minimum atomic E-state index is 0.110. The number of rotatable bonds is 3. The molecular formula is C10H19NO3. The first-order valence-electron chi connectivity index (χ1n) is 5.24. The first kappa shape index (κ1) is 10.4. The van der Waals surface area contributed by atoms with Crippen LogP contribution in [0.25, 0.3) is 0 Å². The molecule has 2 saturated heterocycles. The summed E-state index contributed by atoms with van der Waals surface area (Å²) >= 11 is 0. The van der Waals surface area contributed by atoms with Gasteiger partial charge in [-0.15, -0.1) is 0 Å². The van der Waals surface area contributed by atoms with Crippen molar-refractivity contribution >= 4 is 0 Å². The molecule has 0 radical (unpaired) electrons. The summed E-state index contributed by atoms with van der Waals surface area (Å²) in [5.74, 6) is 0. The maximum atomic E-state index is 5.68. The topological polar surface area (TPSA) is 39.7 Å². The van der Waals surface area contributed by atoms with Crippen molar-refractivity contribution in [2.75, 3.05) is 20.3 Å². The lowest BCUT2D eigenvalue weighted by molar-refractivity contribution is -0.00832. The normalized spacial score (nSPS) is 42.0. The SMILES string of the molecule is CO[C@@H]1CO[C@H]2[C@@H]1OC[C@H]2NC(C)C. The lowest BCUT2D eigenvalue weighted by Gasteiger charge is -2.19. The van der Waals surface area contributed by atoms with E-state index in [-0.39, 0.29) is 18.3 Å². The summed E-state index contributed by atoms with van der Waals surface area (Å²) in [7, 11) is 1.71. The van der Waals surface area contributed by atoms with Crippen LogP contribution in [0.2, 0.25) is 0 Å². The van der Waals surface area contributed by atoms with Crippen LogP contribution in [0.1, 0.15) is 13.8 Å². The molecule has 82 valence electrons. The molecule has 2 fully saturated rings. The Balaban J connectivity index is 1.94. The van der Waals surface area contributed by atoms with Gasteiger partial charge in [-0.25, -0.2) is 0 Å². The average Bonchev–Trinajstić information content (AvgIpc) is 2.67. The minimum Gasteiger partial charge on any atom is -0.376 e. The van der Waals surface area contributed by atoms with Crippen LogP contribution in [0.15, 0.2) is 0 Å². The van der Waals surface area contributed by atoms with Crippen LogP contribution in [0.4, 0.5) is 0 Å². The molecule has 0 unspecified atom stereocenters. The first-order valence-corrected chi connectivity index (χ1v) is 5.24. The standard InChI is InChI=1S/C10H19NO3/c1-6(2)11-7-4-13-10-8(12-3)5-14-9(7)10/h6-11H,4-5H2,1-3H3/t7-,8-,9-,10-/m1/s1. The molecule has 2 heterocycles. The molecule has 4 heteroatoms.